The maximum atomic E-state index is 13.1. The van der Waals surface area contributed by atoms with Gasteiger partial charge in [-0.15, -0.1) is 11.8 Å². The summed E-state index contributed by atoms with van der Waals surface area (Å²) in [5.41, 5.74) is 3.85. The number of aromatic amines is 1. The molecule has 7 nitrogen and oxygen atoms in total. The summed E-state index contributed by atoms with van der Waals surface area (Å²) in [4.78, 5) is 30.4. The third-order valence-electron chi connectivity index (χ3n) is 6.15. The average molecular weight is 490 g/mol. The molecule has 8 heteroatoms. The molecule has 0 saturated heterocycles. The standard InChI is InChI=1S/C27H27N3O4S/c1-3-34-15-16(31)13-30-14-21(19-10-9-17(35-4-2)11-23(19)30)25-24(26(32)29-27(25)33)20-12-28-22-8-6-5-7-18(20)22/h5-12,14,16,28,31H,3-4,13,15H2,1-2H3,(H,29,32,33). The Morgan fingerprint density at radius 1 is 1.03 bits per heavy atom. The lowest BCUT2D eigenvalue weighted by atomic mass is 9.95. The van der Waals surface area contributed by atoms with Crippen LogP contribution in [0.1, 0.15) is 25.0 Å². The number of aliphatic hydroxyl groups excluding tert-OH is 1. The van der Waals surface area contributed by atoms with E-state index >= 15 is 0 Å². The van der Waals surface area contributed by atoms with Gasteiger partial charge in [0, 0.05) is 56.8 Å². The van der Waals surface area contributed by atoms with Crippen LogP contribution in [0.5, 0.6) is 0 Å². The van der Waals surface area contributed by atoms with Crippen LogP contribution in [0.4, 0.5) is 0 Å². The molecule has 1 aliphatic heterocycles. The molecular weight excluding hydrogens is 462 g/mol. The Kier molecular flexibility index (Phi) is 6.51. The molecule has 4 aromatic rings. The predicted octanol–water partition coefficient (Wildman–Crippen LogP) is 4.20. The molecule has 180 valence electrons. The summed E-state index contributed by atoms with van der Waals surface area (Å²) in [6, 6.07) is 13.8. The topological polar surface area (TPSA) is 96.3 Å². The number of amides is 2. The number of imide groups is 1. The number of para-hydroxylation sites is 1. The van der Waals surface area contributed by atoms with Crippen molar-refractivity contribution in [1.82, 2.24) is 14.9 Å². The first-order chi connectivity index (χ1) is 17.0. The Balaban J connectivity index is 1.71. The number of carbonyl (C=O) groups excluding carboxylic acids is 2. The van der Waals surface area contributed by atoms with Crippen molar-refractivity contribution in [2.75, 3.05) is 19.0 Å². The molecular formula is C27H27N3O4S. The predicted molar refractivity (Wildman–Crippen MR) is 139 cm³/mol. The number of nitrogens with zero attached hydrogens (tertiary/aromatic N) is 1. The second kappa shape index (κ2) is 9.73. The highest BCUT2D eigenvalue weighted by atomic mass is 32.2. The molecule has 3 heterocycles. The van der Waals surface area contributed by atoms with Gasteiger partial charge >= 0.3 is 0 Å². The minimum Gasteiger partial charge on any atom is -0.389 e. The van der Waals surface area contributed by atoms with Crippen LogP contribution in [0.15, 0.2) is 59.8 Å². The zero-order valence-corrected chi connectivity index (χ0v) is 20.4. The van der Waals surface area contributed by atoms with Crippen molar-refractivity contribution in [3.05, 3.63) is 66.0 Å². The number of thioether (sulfide) groups is 1. The largest absolute Gasteiger partial charge is 0.389 e. The van der Waals surface area contributed by atoms with E-state index in [2.05, 4.69) is 23.3 Å². The molecule has 2 aromatic carbocycles. The lowest BCUT2D eigenvalue weighted by Crippen LogP contribution is -2.22. The van der Waals surface area contributed by atoms with Gasteiger partial charge in [-0.25, -0.2) is 0 Å². The SMILES string of the molecule is CCOCC(O)Cn1cc(C2=C(c3c[nH]c4ccccc34)C(=O)NC2=O)c2ccc(SCC)cc21. The monoisotopic (exact) mass is 489 g/mol. The van der Waals surface area contributed by atoms with Crippen LogP contribution in [0.25, 0.3) is 33.0 Å². The van der Waals surface area contributed by atoms with E-state index in [1.165, 1.54) is 0 Å². The fourth-order valence-electron chi connectivity index (χ4n) is 4.66. The number of nitrogens with one attached hydrogen (secondary N) is 2. The van der Waals surface area contributed by atoms with Gasteiger partial charge in [0.15, 0.2) is 0 Å². The molecule has 3 N–H and O–H groups in total. The van der Waals surface area contributed by atoms with Gasteiger partial charge in [-0.2, -0.15) is 0 Å². The summed E-state index contributed by atoms with van der Waals surface area (Å²) in [6.07, 6.45) is 2.93. The maximum absolute atomic E-state index is 13.1. The third-order valence-corrected chi connectivity index (χ3v) is 7.02. The van der Waals surface area contributed by atoms with Crippen molar-refractivity contribution in [2.24, 2.45) is 0 Å². The van der Waals surface area contributed by atoms with Gasteiger partial charge in [0.25, 0.3) is 11.8 Å². The first-order valence-electron chi connectivity index (χ1n) is 11.7. The average Bonchev–Trinajstić information content (AvgIpc) is 3.50. The zero-order valence-electron chi connectivity index (χ0n) is 19.6. The van der Waals surface area contributed by atoms with Gasteiger partial charge in [0.05, 0.1) is 30.4 Å². The summed E-state index contributed by atoms with van der Waals surface area (Å²) in [5.74, 6) is 0.0973. The van der Waals surface area contributed by atoms with Gasteiger partial charge in [0.1, 0.15) is 0 Å². The Morgan fingerprint density at radius 2 is 1.80 bits per heavy atom. The number of aromatic nitrogens is 2. The first kappa shape index (κ1) is 23.4. The van der Waals surface area contributed by atoms with Crippen molar-refractivity contribution in [3.63, 3.8) is 0 Å². The zero-order chi connectivity index (χ0) is 24.5. The number of H-pyrrole nitrogens is 1. The molecule has 2 amide bonds. The fourth-order valence-corrected chi connectivity index (χ4v) is 5.35. The number of fused-ring (bicyclic) bond motifs is 2. The molecule has 0 bridgehead atoms. The summed E-state index contributed by atoms with van der Waals surface area (Å²) in [6.45, 7) is 5.03. The highest BCUT2D eigenvalue weighted by Gasteiger charge is 2.35. The first-order valence-corrected chi connectivity index (χ1v) is 12.7. The van der Waals surface area contributed by atoms with E-state index in [0.717, 1.165) is 32.5 Å². The van der Waals surface area contributed by atoms with Crippen LogP contribution in [0, 0.1) is 0 Å². The number of aliphatic hydroxyl groups is 1. The smallest absolute Gasteiger partial charge is 0.259 e. The van der Waals surface area contributed by atoms with Gasteiger partial charge in [-0.3, -0.25) is 14.9 Å². The summed E-state index contributed by atoms with van der Waals surface area (Å²) in [5, 5.41) is 14.8. The van der Waals surface area contributed by atoms with E-state index in [1.807, 2.05) is 54.1 Å². The van der Waals surface area contributed by atoms with Crippen molar-refractivity contribution in [1.29, 1.82) is 0 Å². The van der Waals surface area contributed by atoms with E-state index < -0.39 is 17.9 Å². The van der Waals surface area contributed by atoms with Gasteiger partial charge < -0.3 is 19.4 Å². The van der Waals surface area contributed by atoms with Gasteiger partial charge in [-0.1, -0.05) is 31.2 Å². The number of hydrogen-bond donors (Lipinski definition) is 3. The molecule has 5 rings (SSSR count). The van der Waals surface area contributed by atoms with E-state index in [-0.39, 0.29) is 6.61 Å². The Hall–Kier alpha value is -3.33. The highest BCUT2D eigenvalue weighted by molar-refractivity contribution is 7.99. The minimum absolute atomic E-state index is 0.219. The maximum Gasteiger partial charge on any atom is 0.259 e. The van der Waals surface area contributed by atoms with Crippen LogP contribution >= 0.6 is 11.8 Å². The van der Waals surface area contributed by atoms with Crippen LogP contribution < -0.4 is 5.32 Å². The highest BCUT2D eigenvalue weighted by Crippen LogP contribution is 2.39. The minimum atomic E-state index is -0.706. The van der Waals surface area contributed by atoms with Crippen molar-refractivity contribution >= 4 is 56.5 Å². The molecule has 0 fully saturated rings. The molecule has 1 atom stereocenters. The van der Waals surface area contributed by atoms with Crippen molar-refractivity contribution in [2.45, 2.75) is 31.4 Å². The molecule has 1 unspecified atom stereocenters. The Labute approximate surface area is 207 Å². The lowest BCUT2D eigenvalue weighted by molar-refractivity contribution is -0.122. The van der Waals surface area contributed by atoms with E-state index in [1.54, 1.807) is 18.0 Å². The number of benzene rings is 2. The van der Waals surface area contributed by atoms with Crippen LogP contribution in [-0.2, 0) is 20.9 Å². The number of ether oxygens (including phenoxy) is 1. The molecule has 2 aromatic heterocycles. The summed E-state index contributed by atoms with van der Waals surface area (Å²) >= 11 is 1.72. The second-order valence-electron chi connectivity index (χ2n) is 8.40. The molecule has 0 aliphatic carbocycles. The van der Waals surface area contributed by atoms with Crippen molar-refractivity contribution in [3.8, 4) is 0 Å². The second-order valence-corrected chi connectivity index (χ2v) is 9.74. The lowest BCUT2D eigenvalue weighted by Gasteiger charge is -2.13. The Bertz CT molecular complexity index is 1470. The van der Waals surface area contributed by atoms with Gasteiger partial charge in [0.2, 0.25) is 0 Å². The molecule has 0 radical (unpaired) electrons. The summed E-state index contributed by atoms with van der Waals surface area (Å²) < 4.78 is 7.35. The normalized spacial score (nSPS) is 14.9. The van der Waals surface area contributed by atoms with E-state index in [4.69, 9.17) is 4.74 Å². The van der Waals surface area contributed by atoms with Crippen molar-refractivity contribution < 1.29 is 19.4 Å². The summed E-state index contributed by atoms with van der Waals surface area (Å²) in [7, 11) is 0. The third kappa shape index (κ3) is 4.29. The Morgan fingerprint density at radius 3 is 2.57 bits per heavy atom. The molecule has 1 aliphatic rings. The van der Waals surface area contributed by atoms with Crippen LogP contribution in [-0.4, -0.2) is 51.5 Å². The van der Waals surface area contributed by atoms with E-state index in [9.17, 15) is 14.7 Å². The van der Waals surface area contributed by atoms with E-state index in [0.29, 0.717) is 35.4 Å². The van der Waals surface area contributed by atoms with Gasteiger partial charge in [-0.05, 0) is 30.9 Å². The quantitative estimate of drug-likeness (QED) is 0.242. The van der Waals surface area contributed by atoms with Crippen LogP contribution in [0.3, 0.4) is 0 Å². The number of carbonyl (C=O) groups is 2. The number of hydrogen-bond acceptors (Lipinski definition) is 5. The number of rotatable bonds is 9. The molecule has 35 heavy (non-hydrogen) atoms. The molecule has 0 saturated carbocycles. The fraction of sp³-hybridized carbons (Fsp3) is 0.259. The van der Waals surface area contributed by atoms with Crippen LogP contribution in [0.2, 0.25) is 0 Å². The molecule has 0 spiro atoms.